The summed E-state index contributed by atoms with van der Waals surface area (Å²) in [6.07, 6.45) is 0. The summed E-state index contributed by atoms with van der Waals surface area (Å²) in [7, 11) is 1.62. The summed E-state index contributed by atoms with van der Waals surface area (Å²) in [5.41, 5.74) is 4.60. The maximum Gasteiger partial charge on any atom is 0.235 e. The summed E-state index contributed by atoms with van der Waals surface area (Å²) in [5, 5.41) is 16.1. The zero-order valence-corrected chi connectivity index (χ0v) is 19.0. The Morgan fingerprint density at radius 3 is 2.55 bits per heavy atom. The Morgan fingerprint density at radius 2 is 1.70 bits per heavy atom. The lowest BCUT2D eigenvalue weighted by Gasteiger charge is -2.08. The van der Waals surface area contributed by atoms with Crippen molar-refractivity contribution in [3.8, 4) is 39.0 Å². The molecule has 0 unspecified atom stereocenters. The molecule has 0 N–H and O–H groups in total. The minimum absolute atomic E-state index is 0.577. The van der Waals surface area contributed by atoms with Crippen LogP contribution in [0.3, 0.4) is 0 Å². The van der Waals surface area contributed by atoms with E-state index in [1.165, 1.54) is 11.3 Å². The molecule has 0 aliphatic carbocycles. The number of benzene rings is 3. The zero-order chi connectivity index (χ0) is 22.4. The van der Waals surface area contributed by atoms with Crippen LogP contribution in [0.25, 0.3) is 49.1 Å². The van der Waals surface area contributed by atoms with E-state index in [9.17, 15) is 0 Å². The minimum atomic E-state index is 0.577. The third-order valence-corrected chi connectivity index (χ3v) is 6.58. The normalized spacial score (nSPS) is 11.3. The molecule has 0 radical (unpaired) electrons. The first-order valence-electron chi connectivity index (χ1n) is 10.2. The summed E-state index contributed by atoms with van der Waals surface area (Å²) in [4.78, 5) is 5.57. The number of halogens is 1. The predicted octanol–water partition coefficient (Wildman–Crippen LogP) is 6.40. The Kier molecular flexibility index (Phi) is 4.78. The first kappa shape index (κ1) is 19.8. The van der Waals surface area contributed by atoms with Gasteiger partial charge >= 0.3 is 0 Å². The second-order valence-corrected chi connectivity index (χ2v) is 8.80. The van der Waals surface area contributed by atoms with Crippen LogP contribution in [-0.4, -0.2) is 31.9 Å². The van der Waals surface area contributed by atoms with Gasteiger partial charge in [-0.1, -0.05) is 71.5 Å². The van der Waals surface area contributed by atoms with Gasteiger partial charge < -0.3 is 4.74 Å². The Balaban J connectivity index is 1.56. The van der Waals surface area contributed by atoms with E-state index < -0.39 is 0 Å². The van der Waals surface area contributed by atoms with Crippen molar-refractivity contribution < 1.29 is 4.74 Å². The van der Waals surface area contributed by atoms with E-state index in [0.717, 1.165) is 38.3 Å². The van der Waals surface area contributed by atoms with Crippen molar-refractivity contribution in [1.82, 2.24) is 24.8 Å². The quantitative estimate of drug-likeness (QED) is 0.299. The van der Waals surface area contributed by atoms with Crippen LogP contribution in [0.15, 0.2) is 78.9 Å². The third-order valence-electron chi connectivity index (χ3n) is 5.41. The molecule has 0 aliphatic rings. The van der Waals surface area contributed by atoms with Crippen molar-refractivity contribution >= 4 is 38.8 Å². The summed E-state index contributed by atoms with van der Waals surface area (Å²) in [6.45, 7) is 0. The summed E-state index contributed by atoms with van der Waals surface area (Å²) < 4.78 is 7.26. The molecule has 0 spiro atoms. The molecule has 6 nitrogen and oxygen atoms in total. The van der Waals surface area contributed by atoms with Gasteiger partial charge in [-0.25, -0.2) is 4.98 Å². The lowest BCUT2D eigenvalue weighted by Crippen LogP contribution is -1.95. The fourth-order valence-electron chi connectivity index (χ4n) is 3.86. The van der Waals surface area contributed by atoms with Crippen molar-refractivity contribution in [3.05, 3.63) is 83.9 Å². The number of hydrogen-bond donors (Lipinski definition) is 0. The largest absolute Gasteiger partial charge is 0.496 e. The Labute approximate surface area is 198 Å². The van der Waals surface area contributed by atoms with Crippen LogP contribution in [0.5, 0.6) is 5.75 Å². The van der Waals surface area contributed by atoms with Gasteiger partial charge in [0.2, 0.25) is 4.96 Å². The standard InChI is InChI=1S/C25H16ClN5OS/c1-32-22-12-11-16(26)13-19(22)23-28-29-25-31(23)30-24(33-25)18-14-21(15-7-3-2-4-8-15)27-20-10-6-5-9-17(18)20/h2-14H,1H3. The van der Waals surface area contributed by atoms with E-state index in [1.54, 1.807) is 17.7 Å². The van der Waals surface area contributed by atoms with Gasteiger partial charge in [0, 0.05) is 21.5 Å². The highest BCUT2D eigenvalue weighted by molar-refractivity contribution is 7.20. The molecule has 0 saturated carbocycles. The highest BCUT2D eigenvalue weighted by Crippen LogP contribution is 2.37. The van der Waals surface area contributed by atoms with Gasteiger partial charge in [0.15, 0.2) is 5.82 Å². The highest BCUT2D eigenvalue weighted by atomic mass is 35.5. The number of rotatable bonds is 4. The molecule has 3 heterocycles. The zero-order valence-electron chi connectivity index (χ0n) is 17.4. The van der Waals surface area contributed by atoms with E-state index in [1.807, 2.05) is 48.5 Å². The maximum absolute atomic E-state index is 6.25. The monoisotopic (exact) mass is 469 g/mol. The second kappa shape index (κ2) is 7.95. The lowest BCUT2D eigenvalue weighted by atomic mass is 10.0. The van der Waals surface area contributed by atoms with Crippen LogP contribution >= 0.6 is 22.9 Å². The SMILES string of the molecule is COc1ccc(Cl)cc1-c1nnc2sc(-c3cc(-c4ccccc4)nc4ccccc34)nn12. The molecular formula is C25H16ClN5OS. The fourth-order valence-corrected chi connectivity index (χ4v) is 4.90. The highest BCUT2D eigenvalue weighted by Gasteiger charge is 2.19. The van der Waals surface area contributed by atoms with Gasteiger partial charge in [-0.3, -0.25) is 0 Å². The number of pyridine rings is 1. The second-order valence-electron chi connectivity index (χ2n) is 7.41. The van der Waals surface area contributed by atoms with Gasteiger partial charge in [-0.2, -0.15) is 9.61 Å². The molecule has 0 amide bonds. The number of fused-ring (bicyclic) bond motifs is 2. The van der Waals surface area contributed by atoms with Crippen molar-refractivity contribution in [2.45, 2.75) is 0 Å². The van der Waals surface area contributed by atoms with Crippen LogP contribution in [0.4, 0.5) is 0 Å². The number of nitrogens with zero attached hydrogens (tertiary/aromatic N) is 5. The van der Waals surface area contributed by atoms with E-state index in [0.29, 0.717) is 21.6 Å². The minimum Gasteiger partial charge on any atom is -0.496 e. The van der Waals surface area contributed by atoms with Gasteiger partial charge in [0.05, 0.1) is 23.9 Å². The molecule has 160 valence electrons. The molecule has 0 fully saturated rings. The van der Waals surface area contributed by atoms with Crippen molar-refractivity contribution in [3.63, 3.8) is 0 Å². The third kappa shape index (κ3) is 3.42. The Hall–Kier alpha value is -3.81. The van der Waals surface area contributed by atoms with Crippen LogP contribution in [0, 0.1) is 0 Å². The molecule has 0 atom stereocenters. The van der Waals surface area contributed by atoms with Crippen LogP contribution in [0.1, 0.15) is 0 Å². The molecule has 6 aromatic rings. The van der Waals surface area contributed by atoms with Gasteiger partial charge in [-0.15, -0.1) is 10.2 Å². The molecule has 8 heteroatoms. The lowest BCUT2D eigenvalue weighted by molar-refractivity contribution is 0.416. The predicted molar refractivity (Wildman–Crippen MR) is 132 cm³/mol. The number of methoxy groups -OCH3 is 1. The first-order valence-corrected chi connectivity index (χ1v) is 11.4. The molecular weight excluding hydrogens is 454 g/mol. The molecule has 0 saturated heterocycles. The van der Waals surface area contributed by atoms with E-state index >= 15 is 0 Å². The van der Waals surface area contributed by atoms with E-state index in [2.05, 4.69) is 34.5 Å². The molecule has 3 aromatic carbocycles. The summed E-state index contributed by atoms with van der Waals surface area (Å²) in [6, 6.07) is 25.7. The molecule has 33 heavy (non-hydrogen) atoms. The molecule has 3 aromatic heterocycles. The van der Waals surface area contributed by atoms with Gasteiger partial charge in [-0.05, 0) is 30.3 Å². The molecule has 0 aliphatic heterocycles. The van der Waals surface area contributed by atoms with Gasteiger partial charge in [0.25, 0.3) is 0 Å². The van der Waals surface area contributed by atoms with Crippen molar-refractivity contribution in [1.29, 1.82) is 0 Å². The average molecular weight is 470 g/mol. The number of aromatic nitrogens is 5. The number of ether oxygens (including phenoxy) is 1. The van der Waals surface area contributed by atoms with E-state index in [4.69, 9.17) is 26.4 Å². The maximum atomic E-state index is 6.25. The Bertz CT molecular complexity index is 1630. The van der Waals surface area contributed by atoms with Crippen molar-refractivity contribution in [2.24, 2.45) is 0 Å². The van der Waals surface area contributed by atoms with Crippen LogP contribution < -0.4 is 4.74 Å². The summed E-state index contributed by atoms with van der Waals surface area (Å²) in [5.74, 6) is 1.23. The van der Waals surface area contributed by atoms with Crippen molar-refractivity contribution in [2.75, 3.05) is 7.11 Å². The fraction of sp³-hybridized carbons (Fsp3) is 0.0400. The van der Waals surface area contributed by atoms with Crippen LogP contribution in [-0.2, 0) is 0 Å². The molecule has 6 rings (SSSR count). The van der Waals surface area contributed by atoms with Crippen LogP contribution in [0.2, 0.25) is 5.02 Å². The summed E-state index contributed by atoms with van der Waals surface area (Å²) >= 11 is 7.73. The average Bonchev–Trinajstić information content (AvgIpc) is 3.45. The van der Waals surface area contributed by atoms with E-state index in [-0.39, 0.29) is 0 Å². The van der Waals surface area contributed by atoms with Gasteiger partial charge in [0.1, 0.15) is 10.8 Å². The topological polar surface area (TPSA) is 65.2 Å². The number of para-hydroxylation sites is 1. The first-order chi connectivity index (χ1) is 16.2. The smallest absolute Gasteiger partial charge is 0.235 e. The number of hydrogen-bond acceptors (Lipinski definition) is 6. The molecule has 0 bridgehead atoms. The Morgan fingerprint density at radius 1 is 0.879 bits per heavy atom.